The van der Waals surface area contributed by atoms with Crippen LogP contribution in [0.25, 0.3) is 0 Å². The van der Waals surface area contributed by atoms with E-state index in [-0.39, 0.29) is 0 Å². The Bertz CT molecular complexity index is 552. The van der Waals surface area contributed by atoms with Crippen molar-refractivity contribution in [1.82, 2.24) is 0 Å². The van der Waals surface area contributed by atoms with Crippen molar-refractivity contribution in [2.45, 2.75) is 19.4 Å². The molecule has 3 heteroatoms. The van der Waals surface area contributed by atoms with E-state index in [9.17, 15) is 5.11 Å². The lowest BCUT2D eigenvalue weighted by Gasteiger charge is -2.25. The van der Waals surface area contributed by atoms with Crippen LogP contribution in [0.4, 0.5) is 5.69 Å². The van der Waals surface area contributed by atoms with Gasteiger partial charge in [-0.05, 0) is 37.1 Å². The highest BCUT2D eigenvalue weighted by Gasteiger charge is 2.22. The van der Waals surface area contributed by atoms with Crippen molar-refractivity contribution in [2.24, 2.45) is 0 Å². The summed E-state index contributed by atoms with van der Waals surface area (Å²) in [7, 11) is 0. The van der Waals surface area contributed by atoms with Gasteiger partial charge in [0.2, 0.25) is 0 Å². The standard InChI is InChI=1S/C16H18ClNO/c1-12-8-9-15(14(17)10-12)18-11-16(2,19)13-6-4-3-5-7-13/h3-10,18-19H,11H2,1-2H3. The third-order valence-corrected chi connectivity index (χ3v) is 3.46. The largest absolute Gasteiger partial charge is 0.384 e. The Morgan fingerprint density at radius 2 is 1.84 bits per heavy atom. The average molecular weight is 276 g/mol. The van der Waals surface area contributed by atoms with Crippen molar-refractivity contribution >= 4 is 17.3 Å². The molecular formula is C16H18ClNO. The van der Waals surface area contributed by atoms with Gasteiger partial charge < -0.3 is 10.4 Å². The van der Waals surface area contributed by atoms with Gasteiger partial charge in [-0.15, -0.1) is 0 Å². The highest BCUT2D eigenvalue weighted by molar-refractivity contribution is 6.33. The zero-order valence-electron chi connectivity index (χ0n) is 11.2. The van der Waals surface area contributed by atoms with Crippen molar-refractivity contribution in [2.75, 3.05) is 11.9 Å². The minimum absolute atomic E-state index is 0.403. The number of anilines is 1. The van der Waals surface area contributed by atoms with Crippen molar-refractivity contribution in [3.8, 4) is 0 Å². The molecule has 0 aliphatic heterocycles. The minimum atomic E-state index is -0.935. The van der Waals surface area contributed by atoms with Crippen LogP contribution in [0.15, 0.2) is 48.5 Å². The van der Waals surface area contributed by atoms with Gasteiger partial charge in [-0.1, -0.05) is 48.0 Å². The van der Waals surface area contributed by atoms with Crippen LogP contribution in [0, 0.1) is 6.92 Å². The molecule has 1 unspecified atom stereocenters. The topological polar surface area (TPSA) is 32.3 Å². The van der Waals surface area contributed by atoms with Crippen LogP contribution < -0.4 is 5.32 Å². The van der Waals surface area contributed by atoms with E-state index in [1.165, 1.54) is 0 Å². The van der Waals surface area contributed by atoms with Gasteiger partial charge in [0.15, 0.2) is 0 Å². The zero-order valence-corrected chi connectivity index (χ0v) is 11.9. The van der Waals surface area contributed by atoms with Gasteiger partial charge in [-0.3, -0.25) is 0 Å². The predicted octanol–water partition coefficient (Wildman–Crippen LogP) is 3.97. The van der Waals surface area contributed by atoms with E-state index in [4.69, 9.17) is 11.6 Å². The monoisotopic (exact) mass is 275 g/mol. The maximum Gasteiger partial charge on any atom is 0.104 e. The second kappa shape index (κ2) is 5.64. The molecule has 19 heavy (non-hydrogen) atoms. The summed E-state index contributed by atoms with van der Waals surface area (Å²) in [5.41, 5.74) is 1.90. The van der Waals surface area contributed by atoms with E-state index in [0.717, 1.165) is 16.8 Å². The molecule has 2 nitrogen and oxygen atoms in total. The molecule has 0 fully saturated rings. The summed E-state index contributed by atoms with van der Waals surface area (Å²) in [5, 5.41) is 14.4. The minimum Gasteiger partial charge on any atom is -0.384 e. The first-order chi connectivity index (χ1) is 8.99. The molecule has 2 aromatic rings. The van der Waals surface area contributed by atoms with Crippen LogP contribution in [0.2, 0.25) is 5.02 Å². The van der Waals surface area contributed by atoms with Gasteiger partial charge >= 0.3 is 0 Å². The van der Waals surface area contributed by atoms with Gasteiger partial charge in [0.25, 0.3) is 0 Å². The molecule has 0 heterocycles. The molecule has 2 N–H and O–H groups in total. The van der Waals surface area contributed by atoms with E-state index in [0.29, 0.717) is 11.6 Å². The molecule has 0 bridgehead atoms. The van der Waals surface area contributed by atoms with Crippen LogP contribution in [-0.4, -0.2) is 11.7 Å². The molecule has 0 amide bonds. The number of benzene rings is 2. The van der Waals surface area contributed by atoms with E-state index in [1.807, 2.05) is 55.5 Å². The highest BCUT2D eigenvalue weighted by Crippen LogP contribution is 2.25. The summed E-state index contributed by atoms with van der Waals surface area (Å²) < 4.78 is 0. The average Bonchev–Trinajstić information content (AvgIpc) is 2.39. The fraction of sp³-hybridized carbons (Fsp3) is 0.250. The first-order valence-electron chi connectivity index (χ1n) is 6.27. The van der Waals surface area contributed by atoms with Crippen LogP contribution in [0.3, 0.4) is 0 Å². The second-order valence-electron chi connectivity index (χ2n) is 4.98. The maximum absolute atomic E-state index is 10.5. The molecule has 0 saturated carbocycles. The number of hydrogen-bond acceptors (Lipinski definition) is 2. The summed E-state index contributed by atoms with van der Waals surface area (Å²) in [4.78, 5) is 0. The summed E-state index contributed by atoms with van der Waals surface area (Å²) in [6.07, 6.45) is 0. The molecule has 0 aromatic heterocycles. The summed E-state index contributed by atoms with van der Waals surface area (Å²) in [6, 6.07) is 15.4. The molecule has 0 spiro atoms. The van der Waals surface area contributed by atoms with Crippen LogP contribution >= 0.6 is 11.6 Å². The van der Waals surface area contributed by atoms with E-state index in [2.05, 4.69) is 5.32 Å². The van der Waals surface area contributed by atoms with Gasteiger partial charge in [0, 0.05) is 6.54 Å². The lowest BCUT2D eigenvalue weighted by atomic mass is 9.96. The Hall–Kier alpha value is -1.51. The molecule has 0 aliphatic carbocycles. The van der Waals surface area contributed by atoms with Crippen molar-refractivity contribution in [3.05, 3.63) is 64.7 Å². The van der Waals surface area contributed by atoms with Crippen molar-refractivity contribution in [3.63, 3.8) is 0 Å². The van der Waals surface area contributed by atoms with E-state index >= 15 is 0 Å². The van der Waals surface area contributed by atoms with Crippen LogP contribution in [0.5, 0.6) is 0 Å². The van der Waals surface area contributed by atoms with Gasteiger partial charge in [0.05, 0.1) is 10.7 Å². The van der Waals surface area contributed by atoms with Gasteiger partial charge in [-0.25, -0.2) is 0 Å². The Kier molecular flexibility index (Phi) is 4.13. The molecule has 0 saturated heterocycles. The lowest BCUT2D eigenvalue weighted by molar-refractivity contribution is 0.0715. The van der Waals surface area contributed by atoms with Gasteiger partial charge in [0.1, 0.15) is 5.60 Å². The number of aliphatic hydroxyl groups is 1. The molecule has 100 valence electrons. The summed E-state index contributed by atoms with van der Waals surface area (Å²) >= 11 is 6.16. The van der Waals surface area contributed by atoms with Gasteiger partial charge in [-0.2, -0.15) is 0 Å². The number of hydrogen-bond donors (Lipinski definition) is 2. The fourth-order valence-electron chi connectivity index (χ4n) is 1.93. The summed E-state index contributed by atoms with van der Waals surface area (Å²) in [6.45, 7) is 4.19. The highest BCUT2D eigenvalue weighted by atomic mass is 35.5. The quantitative estimate of drug-likeness (QED) is 0.885. The zero-order chi connectivity index (χ0) is 13.9. The third kappa shape index (κ3) is 3.49. The first kappa shape index (κ1) is 13.9. The molecule has 2 aromatic carbocycles. The fourth-order valence-corrected chi connectivity index (χ4v) is 2.23. The Balaban J connectivity index is 2.09. The van der Waals surface area contributed by atoms with Crippen LogP contribution in [0.1, 0.15) is 18.1 Å². The smallest absolute Gasteiger partial charge is 0.104 e. The summed E-state index contributed by atoms with van der Waals surface area (Å²) in [5.74, 6) is 0. The Morgan fingerprint density at radius 3 is 2.47 bits per heavy atom. The Morgan fingerprint density at radius 1 is 1.16 bits per heavy atom. The van der Waals surface area contributed by atoms with E-state index < -0.39 is 5.60 Å². The molecule has 0 radical (unpaired) electrons. The van der Waals surface area contributed by atoms with Crippen LogP contribution in [-0.2, 0) is 5.60 Å². The number of rotatable bonds is 4. The molecule has 2 rings (SSSR count). The predicted molar refractivity (Wildman–Crippen MR) is 80.7 cm³/mol. The third-order valence-electron chi connectivity index (χ3n) is 3.14. The number of halogens is 1. The SMILES string of the molecule is Cc1ccc(NCC(C)(O)c2ccccc2)c(Cl)c1. The van der Waals surface area contributed by atoms with Crippen molar-refractivity contribution in [1.29, 1.82) is 0 Å². The van der Waals surface area contributed by atoms with Crippen molar-refractivity contribution < 1.29 is 5.11 Å². The Labute approximate surface area is 119 Å². The molecular weight excluding hydrogens is 258 g/mol. The normalized spacial score (nSPS) is 13.9. The molecule has 1 atom stereocenters. The maximum atomic E-state index is 10.5. The lowest BCUT2D eigenvalue weighted by Crippen LogP contribution is -2.30. The second-order valence-corrected chi connectivity index (χ2v) is 5.38. The van der Waals surface area contributed by atoms with E-state index in [1.54, 1.807) is 6.92 Å². The molecule has 0 aliphatic rings. The first-order valence-corrected chi connectivity index (χ1v) is 6.65. The number of nitrogens with one attached hydrogen (secondary N) is 1. The number of aryl methyl sites for hydroxylation is 1.